The van der Waals surface area contributed by atoms with Crippen LogP contribution in [0.2, 0.25) is 0 Å². The molecular weight excluding hydrogens is 481 g/mol. The van der Waals surface area contributed by atoms with Crippen LogP contribution in [0.25, 0.3) is 0 Å². The van der Waals surface area contributed by atoms with Gasteiger partial charge in [0.15, 0.2) is 0 Å². The minimum atomic E-state index is -4.43. The smallest absolute Gasteiger partial charge is 0.337 e. The van der Waals surface area contributed by atoms with Gasteiger partial charge in [0.2, 0.25) is 5.91 Å². The summed E-state index contributed by atoms with van der Waals surface area (Å²) in [5, 5.41) is 8.46. The number of carbonyl (C=O) groups is 1. The predicted octanol–water partition coefficient (Wildman–Crippen LogP) is 4.48. The van der Waals surface area contributed by atoms with E-state index in [9.17, 15) is 18.0 Å². The molecule has 7 nitrogen and oxygen atoms in total. The molecule has 37 heavy (non-hydrogen) atoms. The summed E-state index contributed by atoms with van der Waals surface area (Å²) in [6.07, 6.45) is 4.05. The molecule has 4 heterocycles. The number of halogens is 3. The summed E-state index contributed by atoms with van der Waals surface area (Å²) >= 11 is 0. The first-order chi connectivity index (χ1) is 17.7. The van der Waals surface area contributed by atoms with Crippen molar-refractivity contribution in [1.82, 2.24) is 29.5 Å². The van der Waals surface area contributed by atoms with Crippen LogP contribution in [-0.4, -0.2) is 61.1 Å². The van der Waals surface area contributed by atoms with E-state index in [1.54, 1.807) is 0 Å². The van der Waals surface area contributed by atoms with Crippen LogP contribution in [0.5, 0.6) is 0 Å². The third-order valence-electron chi connectivity index (χ3n) is 9.61. The van der Waals surface area contributed by atoms with Gasteiger partial charge in [0.25, 0.3) is 0 Å². The zero-order valence-electron chi connectivity index (χ0n) is 21.6. The lowest BCUT2D eigenvalue weighted by atomic mass is 9.78. The van der Waals surface area contributed by atoms with E-state index in [1.807, 2.05) is 18.7 Å². The second-order valence-electron chi connectivity index (χ2n) is 11.6. The molecule has 4 aliphatic rings. The Morgan fingerprint density at radius 1 is 1.05 bits per heavy atom. The number of likely N-dealkylation sites (tertiary alicyclic amines) is 1. The lowest BCUT2D eigenvalue weighted by molar-refractivity contribution is -0.144. The zero-order valence-corrected chi connectivity index (χ0v) is 21.6. The van der Waals surface area contributed by atoms with Crippen molar-refractivity contribution in [3.05, 3.63) is 40.7 Å². The predicted molar refractivity (Wildman–Crippen MR) is 130 cm³/mol. The van der Waals surface area contributed by atoms with Gasteiger partial charge in [-0.05, 0) is 69.9 Å². The summed E-state index contributed by atoms with van der Waals surface area (Å²) in [5.41, 5.74) is 0.119. The van der Waals surface area contributed by atoms with E-state index in [0.717, 1.165) is 75.9 Å². The quantitative estimate of drug-likeness (QED) is 0.602. The average molecular weight is 517 g/mol. The van der Waals surface area contributed by atoms with Gasteiger partial charge in [0, 0.05) is 56.6 Å². The van der Waals surface area contributed by atoms with Crippen molar-refractivity contribution in [2.75, 3.05) is 19.6 Å². The molecule has 10 heteroatoms. The highest BCUT2D eigenvalue weighted by atomic mass is 19.4. The Hall–Kier alpha value is -2.49. The minimum Gasteiger partial charge on any atom is -0.337 e. The summed E-state index contributed by atoms with van der Waals surface area (Å²) in [6, 6.07) is 2.01. The molecule has 0 radical (unpaired) electrons. The molecule has 0 spiro atoms. The van der Waals surface area contributed by atoms with Gasteiger partial charge in [-0.2, -0.15) is 13.2 Å². The van der Waals surface area contributed by atoms with Crippen molar-refractivity contribution in [2.24, 2.45) is 11.3 Å². The molecule has 2 aliphatic carbocycles. The fraction of sp³-hybridized carbons (Fsp3) is 0.704. The lowest BCUT2D eigenvalue weighted by Gasteiger charge is -2.39. The Bertz CT molecular complexity index is 1170. The molecule has 2 aromatic rings. The number of fused-ring (bicyclic) bond motifs is 2. The molecule has 200 valence electrons. The number of nitrogens with zero attached hydrogens (tertiary/aromatic N) is 6. The number of carbonyl (C=O) groups excluding carboxylic acids is 1. The van der Waals surface area contributed by atoms with Gasteiger partial charge < -0.3 is 14.4 Å². The first-order valence-electron chi connectivity index (χ1n) is 13.6. The maximum Gasteiger partial charge on any atom is 0.417 e. The Balaban J connectivity index is 1.15. The van der Waals surface area contributed by atoms with E-state index in [0.29, 0.717) is 42.2 Å². The van der Waals surface area contributed by atoms with Crippen molar-refractivity contribution in [3.8, 4) is 0 Å². The van der Waals surface area contributed by atoms with Gasteiger partial charge in [-0.25, -0.2) is 0 Å². The number of aromatic nitrogens is 4. The maximum absolute atomic E-state index is 14.1. The summed E-state index contributed by atoms with van der Waals surface area (Å²) < 4.78 is 42.1. The third-order valence-corrected chi connectivity index (χ3v) is 9.61. The van der Waals surface area contributed by atoms with Crippen LogP contribution in [-0.2, 0) is 23.9 Å². The van der Waals surface area contributed by atoms with E-state index in [2.05, 4.69) is 24.6 Å². The first-order valence-corrected chi connectivity index (χ1v) is 13.6. The van der Waals surface area contributed by atoms with Gasteiger partial charge in [-0.1, -0.05) is 6.42 Å². The van der Waals surface area contributed by atoms with Gasteiger partial charge in [-0.15, -0.1) is 10.2 Å². The topological polar surface area (TPSA) is 67.2 Å². The third kappa shape index (κ3) is 4.25. The van der Waals surface area contributed by atoms with Crippen LogP contribution in [0.3, 0.4) is 0 Å². The Labute approximate surface area is 215 Å². The molecule has 0 N–H and O–H groups in total. The van der Waals surface area contributed by atoms with Crippen molar-refractivity contribution in [1.29, 1.82) is 0 Å². The summed E-state index contributed by atoms with van der Waals surface area (Å²) in [4.78, 5) is 22.5. The Morgan fingerprint density at radius 3 is 2.49 bits per heavy atom. The highest BCUT2D eigenvalue weighted by Crippen LogP contribution is 2.57. The van der Waals surface area contributed by atoms with Crippen LogP contribution in [0.4, 0.5) is 13.2 Å². The molecular formula is C27H35F3N6O. The van der Waals surface area contributed by atoms with Gasteiger partial charge in [-0.3, -0.25) is 9.78 Å². The molecule has 0 unspecified atom stereocenters. The number of hydrogen-bond acceptors (Lipinski definition) is 5. The molecule has 3 atom stereocenters. The number of piperidine rings is 1. The van der Waals surface area contributed by atoms with Crippen LogP contribution in [0.15, 0.2) is 12.3 Å². The van der Waals surface area contributed by atoms with Crippen molar-refractivity contribution in [2.45, 2.75) is 90.0 Å². The molecule has 1 amide bonds. The van der Waals surface area contributed by atoms with Crippen LogP contribution in [0, 0.1) is 25.2 Å². The summed E-state index contributed by atoms with van der Waals surface area (Å²) in [6.45, 7) is 6.80. The summed E-state index contributed by atoms with van der Waals surface area (Å²) in [5.74, 6) is 2.46. The first kappa shape index (κ1) is 24.8. The fourth-order valence-corrected chi connectivity index (χ4v) is 7.82. The second kappa shape index (κ2) is 9.06. The minimum absolute atomic E-state index is 0.159. The molecule has 2 aliphatic heterocycles. The van der Waals surface area contributed by atoms with E-state index in [1.165, 1.54) is 6.07 Å². The number of aryl methyl sites for hydroxylation is 2. The largest absolute Gasteiger partial charge is 0.417 e. The second-order valence-corrected chi connectivity index (χ2v) is 11.6. The monoisotopic (exact) mass is 516 g/mol. The summed E-state index contributed by atoms with van der Waals surface area (Å²) in [7, 11) is 0. The number of hydrogen-bond donors (Lipinski definition) is 0. The highest BCUT2D eigenvalue weighted by molar-refractivity contribution is 5.84. The van der Waals surface area contributed by atoms with Crippen molar-refractivity contribution >= 4 is 5.91 Å². The van der Waals surface area contributed by atoms with Gasteiger partial charge in [0.1, 0.15) is 11.6 Å². The van der Waals surface area contributed by atoms with Crippen molar-refractivity contribution in [3.63, 3.8) is 0 Å². The Morgan fingerprint density at radius 2 is 1.78 bits per heavy atom. The lowest BCUT2D eigenvalue weighted by Crippen LogP contribution is -2.47. The van der Waals surface area contributed by atoms with E-state index in [4.69, 9.17) is 0 Å². The van der Waals surface area contributed by atoms with E-state index >= 15 is 0 Å². The molecule has 0 bridgehead atoms. The number of pyridine rings is 1. The standard InChI is InChI=1S/C27H35F3N6O/c1-17-32-33-18(2)36(17)22-5-9-34(10-6-22)23-13-20-4-3-8-26(20,14-23)25(37)35-11-7-24-19(16-35)12-21(15-31-24)27(28,29)30/h12,15,20,22-23H,3-11,13-14,16H2,1-2H3/t20-,23+,26-/m1/s1. The SMILES string of the molecule is Cc1nnc(C)n1C1CCN([C@H]2C[C@H]3CCC[C@@]3(C(=O)N3CCc4ncc(C(F)(F)F)cc4C3)C2)CC1. The molecule has 2 saturated carbocycles. The van der Waals surface area contributed by atoms with Gasteiger partial charge >= 0.3 is 6.18 Å². The molecule has 1 saturated heterocycles. The van der Waals surface area contributed by atoms with Crippen LogP contribution in [0.1, 0.15) is 79.5 Å². The van der Waals surface area contributed by atoms with E-state index in [-0.39, 0.29) is 17.9 Å². The molecule has 3 fully saturated rings. The molecule has 2 aromatic heterocycles. The fourth-order valence-electron chi connectivity index (χ4n) is 7.82. The number of rotatable bonds is 3. The zero-order chi connectivity index (χ0) is 25.9. The number of alkyl halides is 3. The molecule has 6 rings (SSSR count). The van der Waals surface area contributed by atoms with Crippen LogP contribution >= 0.6 is 0 Å². The number of amides is 1. The normalized spacial score (nSPS) is 28.9. The molecule has 0 aromatic carbocycles. The Kier molecular flexibility index (Phi) is 6.08. The van der Waals surface area contributed by atoms with Crippen LogP contribution < -0.4 is 0 Å². The maximum atomic E-state index is 14.1. The van der Waals surface area contributed by atoms with Gasteiger partial charge in [0.05, 0.1) is 11.0 Å². The highest BCUT2D eigenvalue weighted by Gasteiger charge is 2.57. The average Bonchev–Trinajstić information content (AvgIpc) is 3.55. The van der Waals surface area contributed by atoms with E-state index < -0.39 is 11.7 Å². The van der Waals surface area contributed by atoms with Crippen molar-refractivity contribution < 1.29 is 18.0 Å².